The van der Waals surface area contributed by atoms with Crippen molar-refractivity contribution in [2.75, 3.05) is 26.9 Å². The third kappa shape index (κ3) is 3.63. The second-order valence-corrected chi connectivity index (χ2v) is 5.13. The normalized spacial score (nSPS) is 15.0. The number of nitrogens with one attached hydrogen (secondary N) is 1. The number of H-pyrrole nitrogens is 1. The molecule has 0 aromatic carbocycles. The van der Waals surface area contributed by atoms with Crippen LogP contribution in [0.1, 0.15) is 30.3 Å². The van der Waals surface area contributed by atoms with Gasteiger partial charge in [0.2, 0.25) is 0 Å². The molecule has 2 rings (SSSR count). The average molecular weight is 317 g/mol. The fourth-order valence-corrected chi connectivity index (χ4v) is 2.20. The summed E-state index contributed by atoms with van der Waals surface area (Å²) in [6.45, 7) is 1.68. The monoisotopic (exact) mass is 316 g/mol. The van der Waals surface area contributed by atoms with Crippen LogP contribution in [0.15, 0.2) is 9.27 Å². The molecule has 0 spiro atoms. The maximum Gasteiger partial charge on any atom is 0.265 e. The molecule has 0 unspecified atom stereocenters. The van der Waals surface area contributed by atoms with Crippen LogP contribution < -0.4 is 5.56 Å². The van der Waals surface area contributed by atoms with E-state index in [-0.39, 0.29) is 5.56 Å². The number of aromatic nitrogens is 2. The van der Waals surface area contributed by atoms with Gasteiger partial charge in [0.15, 0.2) is 0 Å². The molecule has 0 aliphatic heterocycles. The molecule has 0 saturated heterocycles. The van der Waals surface area contributed by atoms with Crippen molar-refractivity contribution in [1.82, 2.24) is 9.97 Å². The van der Waals surface area contributed by atoms with Gasteiger partial charge < -0.3 is 14.5 Å². The van der Waals surface area contributed by atoms with E-state index in [2.05, 4.69) is 25.9 Å². The summed E-state index contributed by atoms with van der Waals surface area (Å²) in [5, 5.41) is 0. The van der Waals surface area contributed by atoms with Gasteiger partial charge in [0.25, 0.3) is 5.56 Å². The minimum Gasteiger partial charge on any atom is -0.382 e. The van der Waals surface area contributed by atoms with E-state index in [4.69, 9.17) is 9.47 Å². The molecule has 1 aliphatic carbocycles. The summed E-state index contributed by atoms with van der Waals surface area (Å²) in [4.78, 5) is 19.0. The molecule has 1 aromatic heterocycles. The number of rotatable bonds is 7. The van der Waals surface area contributed by atoms with E-state index in [1.54, 1.807) is 7.11 Å². The molecule has 0 bridgehead atoms. The maximum absolute atomic E-state index is 11.7. The smallest absolute Gasteiger partial charge is 0.265 e. The first-order valence-electron chi connectivity index (χ1n) is 6.07. The van der Waals surface area contributed by atoms with Crippen molar-refractivity contribution < 1.29 is 9.47 Å². The van der Waals surface area contributed by atoms with Crippen LogP contribution in [-0.4, -0.2) is 36.9 Å². The molecule has 0 amide bonds. The summed E-state index contributed by atoms with van der Waals surface area (Å²) < 4.78 is 10.8. The third-order valence-electron chi connectivity index (χ3n) is 2.82. The Morgan fingerprint density at radius 1 is 1.39 bits per heavy atom. The number of nitrogens with zero attached hydrogens (tertiary/aromatic N) is 1. The topological polar surface area (TPSA) is 64.2 Å². The first-order chi connectivity index (χ1) is 8.72. The van der Waals surface area contributed by atoms with Crippen LogP contribution in [0, 0.1) is 0 Å². The highest BCUT2D eigenvalue weighted by Crippen LogP contribution is 2.41. The molecule has 0 atom stereocenters. The predicted molar refractivity (Wildman–Crippen MR) is 70.9 cm³/mol. The highest BCUT2D eigenvalue weighted by molar-refractivity contribution is 9.10. The highest BCUT2D eigenvalue weighted by Gasteiger charge is 2.28. The van der Waals surface area contributed by atoms with Gasteiger partial charge in [-0.05, 0) is 28.8 Å². The van der Waals surface area contributed by atoms with Gasteiger partial charge in [-0.2, -0.15) is 0 Å². The minimum absolute atomic E-state index is 0.0983. The largest absolute Gasteiger partial charge is 0.382 e. The van der Waals surface area contributed by atoms with E-state index in [9.17, 15) is 4.79 Å². The van der Waals surface area contributed by atoms with Crippen LogP contribution in [0.3, 0.4) is 0 Å². The molecule has 1 heterocycles. The Hall–Kier alpha value is -0.720. The lowest BCUT2D eigenvalue weighted by atomic mass is 10.2. The Bertz CT molecular complexity index is 457. The Morgan fingerprint density at radius 3 is 2.83 bits per heavy atom. The fraction of sp³-hybridized carbons (Fsp3) is 0.667. The third-order valence-corrected chi connectivity index (χ3v) is 3.58. The van der Waals surface area contributed by atoms with Gasteiger partial charge >= 0.3 is 0 Å². The first-order valence-corrected chi connectivity index (χ1v) is 6.87. The molecule has 6 heteroatoms. The van der Waals surface area contributed by atoms with Crippen LogP contribution >= 0.6 is 15.9 Å². The van der Waals surface area contributed by atoms with Gasteiger partial charge in [-0.1, -0.05) is 0 Å². The predicted octanol–water partition coefficient (Wildman–Crippen LogP) is 1.62. The summed E-state index contributed by atoms with van der Waals surface area (Å²) in [5.41, 5.74) is 0.796. The van der Waals surface area contributed by atoms with Crippen molar-refractivity contribution >= 4 is 15.9 Å². The van der Waals surface area contributed by atoms with Crippen molar-refractivity contribution in [3.05, 3.63) is 26.3 Å². The van der Waals surface area contributed by atoms with Crippen molar-refractivity contribution in [2.24, 2.45) is 0 Å². The number of hydrogen-bond acceptors (Lipinski definition) is 4. The van der Waals surface area contributed by atoms with Gasteiger partial charge in [0.05, 0.1) is 25.5 Å². The summed E-state index contributed by atoms with van der Waals surface area (Å²) in [7, 11) is 1.64. The minimum atomic E-state index is -0.0983. The fourth-order valence-electron chi connectivity index (χ4n) is 1.68. The lowest BCUT2D eigenvalue weighted by molar-refractivity contribution is 0.0716. The van der Waals surface area contributed by atoms with Crippen molar-refractivity contribution in [2.45, 2.75) is 25.2 Å². The van der Waals surface area contributed by atoms with Crippen molar-refractivity contribution in [1.29, 1.82) is 0 Å². The number of methoxy groups -OCH3 is 1. The number of hydrogen-bond donors (Lipinski definition) is 1. The summed E-state index contributed by atoms with van der Waals surface area (Å²) in [6.07, 6.45) is 2.86. The second-order valence-electron chi connectivity index (χ2n) is 4.34. The second kappa shape index (κ2) is 6.45. The first kappa shape index (κ1) is 13.7. The van der Waals surface area contributed by atoms with Gasteiger partial charge in [-0.15, -0.1) is 0 Å². The summed E-state index contributed by atoms with van der Waals surface area (Å²) in [5.74, 6) is 1.15. The Balaban J connectivity index is 1.94. The number of aromatic amines is 1. The van der Waals surface area contributed by atoms with Crippen molar-refractivity contribution in [3.8, 4) is 0 Å². The standard InChI is InChI=1S/C12H17BrN2O3/c1-17-6-7-18-5-4-9-14-11(8-2-3-8)10(13)12(16)15-9/h8H,2-7H2,1H3,(H,14,15,16). The van der Waals surface area contributed by atoms with Crippen LogP contribution in [0.4, 0.5) is 0 Å². The Labute approximate surface area is 114 Å². The summed E-state index contributed by atoms with van der Waals surface area (Å²) >= 11 is 3.30. The van der Waals surface area contributed by atoms with E-state index in [1.165, 1.54) is 0 Å². The van der Waals surface area contributed by atoms with Crippen LogP contribution in [0.2, 0.25) is 0 Å². The van der Waals surface area contributed by atoms with E-state index in [0.29, 0.717) is 42.5 Å². The van der Waals surface area contributed by atoms with Crippen LogP contribution in [0.5, 0.6) is 0 Å². The highest BCUT2D eigenvalue weighted by atomic mass is 79.9. The number of halogens is 1. The van der Waals surface area contributed by atoms with E-state index >= 15 is 0 Å². The van der Waals surface area contributed by atoms with Crippen molar-refractivity contribution in [3.63, 3.8) is 0 Å². The number of ether oxygens (including phenoxy) is 2. The van der Waals surface area contributed by atoms with Crippen LogP contribution in [-0.2, 0) is 15.9 Å². The molecule has 1 N–H and O–H groups in total. The molecule has 1 fully saturated rings. The SMILES string of the molecule is COCCOCCc1nc(C2CC2)c(Br)c(=O)[nH]1. The van der Waals surface area contributed by atoms with Gasteiger partial charge in [0.1, 0.15) is 10.3 Å². The van der Waals surface area contributed by atoms with Gasteiger partial charge in [-0.25, -0.2) is 4.98 Å². The molecular formula is C12H17BrN2O3. The maximum atomic E-state index is 11.7. The lowest BCUT2D eigenvalue weighted by Crippen LogP contribution is -2.17. The van der Waals surface area contributed by atoms with Gasteiger partial charge in [0, 0.05) is 19.4 Å². The molecule has 1 aromatic rings. The molecule has 18 heavy (non-hydrogen) atoms. The van der Waals surface area contributed by atoms with Gasteiger partial charge in [-0.3, -0.25) is 4.79 Å². The molecule has 0 radical (unpaired) electrons. The zero-order valence-corrected chi connectivity index (χ0v) is 12.0. The van der Waals surface area contributed by atoms with E-state index < -0.39 is 0 Å². The molecule has 100 valence electrons. The average Bonchev–Trinajstić information content (AvgIpc) is 3.17. The Kier molecular flexibility index (Phi) is 4.91. The Morgan fingerprint density at radius 2 is 2.17 bits per heavy atom. The molecule has 1 aliphatic rings. The quantitative estimate of drug-likeness (QED) is 0.776. The molecule has 1 saturated carbocycles. The zero-order chi connectivity index (χ0) is 13.0. The zero-order valence-electron chi connectivity index (χ0n) is 10.4. The summed E-state index contributed by atoms with van der Waals surface area (Å²) in [6, 6.07) is 0. The van der Waals surface area contributed by atoms with Crippen LogP contribution in [0.25, 0.3) is 0 Å². The molecule has 5 nitrogen and oxygen atoms in total. The van der Waals surface area contributed by atoms with E-state index in [1.807, 2.05) is 0 Å². The molecular weight excluding hydrogens is 300 g/mol. The van der Waals surface area contributed by atoms with E-state index in [0.717, 1.165) is 18.5 Å². The lowest BCUT2D eigenvalue weighted by Gasteiger charge is -2.06.